The van der Waals surface area contributed by atoms with Gasteiger partial charge in [-0.3, -0.25) is 14.6 Å². The average molecular weight is 428 g/mol. The molecule has 0 spiro atoms. The number of amides is 1. The van der Waals surface area contributed by atoms with Crippen LogP contribution in [0.4, 0.5) is 5.69 Å². The van der Waals surface area contributed by atoms with Gasteiger partial charge in [-0.05, 0) is 12.8 Å². The average Bonchev–Trinajstić information content (AvgIpc) is 3.55. The van der Waals surface area contributed by atoms with Crippen molar-refractivity contribution < 1.29 is 9.53 Å². The van der Waals surface area contributed by atoms with E-state index in [0.717, 1.165) is 28.4 Å². The third-order valence-electron chi connectivity index (χ3n) is 4.66. The molecule has 0 bridgehead atoms. The van der Waals surface area contributed by atoms with Gasteiger partial charge in [0, 0.05) is 48.1 Å². The van der Waals surface area contributed by atoms with Crippen LogP contribution in [-0.4, -0.2) is 49.1 Å². The Morgan fingerprint density at radius 2 is 2.17 bits per heavy atom. The molecular formula is C18H17N7O2S2. The van der Waals surface area contributed by atoms with E-state index in [4.69, 9.17) is 9.84 Å². The molecule has 29 heavy (non-hydrogen) atoms. The molecule has 1 amide bonds. The van der Waals surface area contributed by atoms with E-state index < -0.39 is 0 Å². The predicted octanol–water partition coefficient (Wildman–Crippen LogP) is 3.46. The van der Waals surface area contributed by atoms with Crippen molar-refractivity contribution in [2.75, 3.05) is 18.5 Å². The minimum absolute atomic E-state index is 0.250. The third kappa shape index (κ3) is 3.71. The SMILES string of the molecule is O=C(Nc1cn(C2CCOCC2)nc1-c1nccs1)c1csc(-c2cn[nH]c2)n1. The van der Waals surface area contributed by atoms with E-state index in [1.54, 1.807) is 24.0 Å². The monoisotopic (exact) mass is 427 g/mol. The van der Waals surface area contributed by atoms with Crippen molar-refractivity contribution >= 4 is 34.3 Å². The topological polar surface area (TPSA) is 111 Å². The molecule has 9 nitrogen and oxygen atoms in total. The number of rotatable bonds is 5. The Morgan fingerprint density at radius 3 is 2.93 bits per heavy atom. The molecule has 11 heteroatoms. The van der Waals surface area contributed by atoms with Gasteiger partial charge in [0.05, 0.1) is 17.9 Å². The number of aromatic amines is 1. The Morgan fingerprint density at radius 1 is 1.28 bits per heavy atom. The molecule has 4 aromatic heterocycles. The Kier molecular flexibility index (Phi) is 4.92. The molecule has 1 aliphatic heterocycles. The number of carbonyl (C=O) groups is 1. The van der Waals surface area contributed by atoms with Crippen molar-refractivity contribution in [3.8, 4) is 21.3 Å². The number of H-pyrrole nitrogens is 1. The number of nitrogens with one attached hydrogen (secondary N) is 2. The van der Waals surface area contributed by atoms with Crippen molar-refractivity contribution in [1.82, 2.24) is 29.9 Å². The molecule has 5 heterocycles. The molecule has 5 rings (SSSR count). The van der Waals surface area contributed by atoms with E-state index in [9.17, 15) is 4.79 Å². The highest BCUT2D eigenvalue weighted by Gasteiger charge is 2.23. The summed E-state index contributed by atoms with van der Waals surface area (Å²) < 4.78 is 7.37. The van der Waals surface area contributed by atoms with Gasteiger partial charge in [0.15, 0.2) is 0 Å². The summed E-state index contributed by atoms with van der Waals surface area (Å²) in [4.78, 5) is 21.6. The fourth-order valence-corrected chi connectivity index (χ4v) is 4.60. The Hall–Kier alpha value is -2.89. The molecule has 4 aromatic rings. The number of hydrogen-bond acceptors (Lipinski definition) is 8. The summed E-state index contributed by atoms with van der Waals surface area (Å²) in [6, 6.07) is 0.250. The second-order valence-corrected chi connectivity index (χ2v) is 8.28. The quantitative estimate of drug-likeness (QED) is 0.505. The first-order valence-electron chi connectivity index (χ1n) is 9.11. The molecule has 0 aliphatic carbocycles. The summed E-state index contributed by atoms with van der Waals surface area (Å²) in [5.41, 5.74) is 2.51. The fourth-order valence-electron chi connectivity index (χ4n) is 3.18. The normalized spacial score (nSPS) is 14.9. The number of hydrogen-bond donors (Lipinski definition) is 2. The molecule has 148 valence electrons. The van der Waals surface area contributed by atoms with Gasteiger partial charge in [-0.15, -0.1) is 22.7 Å². The first-order valence-corrected chi connectivity index (χ1v) is 10.9. The molecular weight excluding hydrogens is 410 g/mol. The maximum Gasteiger partial charge on any atom is 0.275 e. The lowest BCUT2D eigenvalue weighted by molar-refractivity contribution is 0.0663. The van der Waals surface area contributed by atoms with Crippen LogP contribution >= 0.6 is 22.7 Å². The minimum atomic E-state index is -0.277. The zero-order valence-corrected chi connectivity index (χ0v) is 16.9. The first kappa shape index (κ1) is 18.2. The molecule has 1 aliphatic rings. The number of nitrogens with zero attached hydrogens (tertiary/aromatic N) is 5. The summed E-state index contributed by atoms with van der Waals surface area (Å²) in [6.45, 7) is 1.43. The van der Waals surface area contributed by atoms with Crippen LogP contribution < -0.4 is 5.32 Å². The van der Waals surface area contributed by atoms with Crippen LogP contribution in [0.1, 0.15) is 29.4 Å². The van der Waals surface area contributed by atoms with E-state index in [0.29, 0.717) is 30.3 Å². The Labute approximate surface area is 173 Å². The van der Waals surface area contributed by atoms with E-state index in [1.807, 2.05) is 16.3 Å². The standard InChI is InChI=1S/C18H17N7O2S2/c26-16(14-10-29-17(23-14)11-7-20-21-8-11)22-13-9-25(12-1-4-27-5-2-12)24-15(13)18-19-3-6-28-18/h3,6-10,12H,1-2,4-5H2,(H,20,21)(H,22,26). The maximum absolute atomic E-state index is 12.8. The van der Waals surface area contributed by atoms with Crippen LogP contribution in [0.2, 0.25) is 0 Å². The molecule has 1 saturated heterocycles. The second kappa shape index (κ2) is 7.85. The molecule has 0 unspecified atom stereocenters. The van der Waals surface area contributed by atoms with Crippen LogP contribution in [0.3, 0.4) is 0 Å². The molecule has 1 fully saturated rings. The van der Waals surface area contributed by atoms with E-state index in [2.05, 4.69) is 25.5 Å². The number of carbonyl (C=O) groups excluding carboxylic acids is 1. The third-order valence-corrected chi connectivity index (χ3v) is 6.33. The first-order chi connectivity index (χ1) is 14.3. The molecule has 0 aromatic carbocycles. The van der Waals surface area contributed by atoms with E-state index >= 15 is 0 Å². The van der Waals surface area contributed by atoms with Gasteiger partial charge >= 0.3 is 0 Å². The van der Waals surface area contributed by atoms with Crippen molar-refractivity contribution in [2.45, 2.75) is 18.9 Å². The zero-order valence-electron chi connectivity index (χ0n) is 15.2. The van der Waals surface area contributed by atoms with Gasteiger partial charge < -0.3 is 10.1 Å². The van der Waals surface area contributed by atoms with Crippen molar-refractivity contribution in [1.29, 1.82) is 0 Å². The minimum Gasteiger partial charge on any atom is -0.381 e. The number of thiazole rings is 2. The molecule has 2 N–H and O–H groups in total. The van der Waals surface area contributed by atoms with Gasteiger partial charge in [0.2, 0.25) is 0 Å². The maximum atomic E-state index is 12.8. The van der Waals surface area contributed by atoms with Gasteiger partial charge in [-0.2, -0.15) is 10.2 Å². The van der Waals surface area contributed by atoms with E-state index in [-0.39, 0.29) is 11.9 Å². The zero-order chi connectivity index (χ0) is 19.6. The largest absolute Gasteiger partial charge is 0.381 e. The van der Waals surface area contributed by atoms with Crippen molar-refractivity contribution in [2.24, 2.45) is 0 Å². The van der Waals surface area contributed by atoms with Gasteiger partial charge in [-0.25, -0.2) is 9.97 Å². The summed E-state index contributed by atoms with van der Waals surface area (Å²) in [6.07, 6.45) is 8.84. The number of anilines is 1. The lowest BCUT2D eigenvalue weighted by atomic mass is 10.1. The fraction of sp³-hybridized carbons (Fsp3) is 0.278. The summed E-state index contributed by atoms with van der Waals surface area (Å²) in [5, 5.41) is 19.5. The van der Waals surface area contributed by atoms with Crippen LogP contribution in [0, 0.1) is 0 Å². The second-order valence-electron chi connectivity index (χ2n) is 6.53. The van der Waals surface area contributed by atoms with Crippen molar-refractivity contribution in [3.63, 3.8) is 0 Å². The highest BCUT2D eigenvalue weighted by Crippen LogP contribution is 2.32. The lowest BCUT2D eigenvalue weighted by Gasteiger charge is -2.22. The van der Waals surface area contributed by atoms with Gasteiger partial charge in [-0.1, -0.05) is 0 Å². The highest BCUT2D eigenvalue weighted by atomic mass is 32.1. The van der Waals surface area contributed by atoms with Crippen LogP contribution in [0.5, 0.6) is 0 Å². The smallest absolute Gasteiger partial charge is 0.275 e. The summed E-state index contributed by atoms with van der Waals surface area (Å²) >= 11 is 2.89. The molecule has 0 saturated carbocycles. The van der Waals surface area contributed by atoms with Crippen molar-refractivity contribution in [3.05, 3.63) is 41.2 Å². The number of ether oxygens (including phenoxy) is 1. The predicted molar refractivity (Wildman–Crippen MR) is 110 cm³/mol. The lowest BCUT2D eigenvalue weighted by Crippen LogP contribution is -2.20. The van der Waals surface area contributed by atoms with Crippen LogP contribution in [0.15, 0.2) is 35.5 Å². The molecule has 0 atom stereocenters. The Bertz CT molecular complexity index is 1100. The summed E-state index contributed by atoms with van der Waals surface area (Å²) in [7, 11) is 0. The Balaban J connectivity index is 1.42. The summed E-state index contributed by atoms with van der Waals surface area (Å²) in [5.74, 6) is -0.277. The van der Waals surface area contributed by atoms with Gasteiger partial charge in [0.25, 0.3) is 5.91 Å². The van der Waals surface area contributed by atoms with Crippen LogP contribution in [-0.2, 0) is 4.74 Å². The van der Waals surface area contributed by atoms with Gasteiger partial charge in [0.1, 0.15) is 21.4 Å². The van der Waals surface area contributed by atoms with E-state index in [1.165, 1.54) is 22.7 Å². The van der Waals surface area contributed by atoms with Crippen LogP contribution in [0.25, 0.3) is 21.3 Å². The highest BCUT2D eigenvalue weighted by molar-refractivity contribution is 7.13. The number of aromatic nitrogens is 6. The molecule has 0 radical (unpaired) electrons.